The number of hydrogen-bond donors (Lipinski definition) is 0. The molecular formula is C22H36INOSi. The molecule has 146 valence electrons. The Balaban J connectivity index is 2.19. The zero-order valence-corrected chi connectivity index (χ0v) is 20.5. The Kier molecular flexibility index (Phi) is 7.56. The van der Waals surface area contributed by atoms with E-state index in [1.807, 2.05) is 0 Å². The molecule has 1 aromatic carbocycles. The van der Waals surface area contributed by atoms with Crippen molar-refractivity contribution >= 4 is 30.9 Å². The number of alkyl halides is 1. The van der Waals surface area contributed by atoms with E-state index in [4.69, 9.17) is 4.43 Å². The number of hydrogen-bond acceptors (Lipinski definition) is 2. The van der Waals surface area contributed by atoms with E-state index in [1.165, 1.54) is 11.1 Å². The van der Waals surface area contributed by atoms with Crippen molar-refractivity contribution in [2.45, 2.75) is 58.4 Å². The fraction of sp³-hybridized carbons (Fsp3) is 0.636. The maximum absolute atomic E-state index is 6.67. The van der Waals surface area contributed by atoms with Gasteiger partial charge in [0.1, 0.15) is 0 Å². The standard InChI is InChI=1S/C22H36INOSi/c1-17(2)20-15-24(14-18-11-9-8-10-12-18)21(19(20)13-23)16-25-26(6,7)22(3,4)5/h8-12,19-21H,1,13-16H2,2-7H3/t19-,20+,21-/m0/s1. The summed E-state index contributed by atoms with van der Waals surface area (Å²) in [6, 6.07) is 11.3. The summed E-state index contributed by atoms with van der Waals surface area (Å²) >= 11 is 2.56. The van der Waals surface area contributed by atoms with Crippen molar-refractivity contribution in [1.82, 2.24) is 4.90 Å². The van der Waals surface area contributed by atoms with Crippen molar-refractivity contribution in [1.29, 1.82) is 0 Å². The quantitative estimate of drug-likeness (QED) is 0.199. The topological polar surface area (TPSA) is 12.5 Å². The van der Waals surface area contributed by atoms with Gasteiger partial charge in [0.2, 0.25) is 0 Å². The third-order valence-electron chi connectivity index (χ3n) is 6.37. The Morgan fingerprint density at radius 1 is 1.27 bits per heavy atom. The van der Waals surface area contributed by atoms with Gasteiger partial charge in [0.25, 0.3) is 0 Å². The summed E-state index contributed by atoms with van der Waals surface area (Å²) < 4.78 is 7.83. The van der Waals surface area contributed by atoms with Gasteiger partial charge in [0, 0.05) is 30.2 Å². The molecule has 4 heteroatoms. The van der Waals surface area contributed by atoms with Gasteiger partial charge in [-0.15, -0.1) is 0 Å². The van der Waals surface area contributed by atoms with Gasteiger partial charge in [-0.25, -0.2) is 0 Å². The van der Waals surface area contributed by atoms with Crippen LogP contribution in [0, 0.1) is 11.8 Å². The second-order valence-electron chi connectivity index (χ2n) is 9.32. The number of halogens is 1. The summed E-state index contributed by atoms with van der Waals surface area (Å²) in [4.78, 5) is 2.64. The van der Waals surface area contributed by atoms with Crippen LogP contribution in [-0.2, 0) is 11.0 Å². The monoisotopic (exact) mass is 485 g/mol. The highest BCUT2D eigenvalue weighted by Gasteiger charge is 2.44. The van der Waals surface area contributed by atoms with Gasteiger partial charge in [0.05, 0.1) is 0 Å². The molecule has 0 saturated carbocycles. The predicted molar refractivity (Wildman–Crippen MR) is 124 cm³/mol. The zero-order valence-electron chi connectivity index (χ0n) is 17.4. The van der Waals surface area contributed by atoms with Crippen molar-refractivity contribution in [3.8, 4) is 0 Å². The number of nitrogens with zero attached hydrogens (tertiary/aromatic N) is 1. The first-order valence-corrected chi connectivity index (χ1v) is 14.1. The van der Waals surface area contributed by atoms with Crippen LogP contribution in [0.2, 0.25) is 18.1 Å². The van der Waals surface area contributed by atoms with E-state index < -0.39 is 8.32 Å². The summed E-state index contributed by atoms with van der Waals surface area (Å²) in [5, 5.41) is 0.253. The van der Waals surface area contributed by atoms with Crippen LogP contribution in [0.3, 0.4) is 0 Å². The smallest absolute Gasteiger partial charge is 0.192 e. The number of likely N-dealkylation sites (tertiary alicyclic amines) is 1. The van der Waals surface area contributed by atoms with E-state index in [9.17, 15) is 0 Å². The molecule has 1 aliphatic rings. The average Bonchev–Trinajstić information content (AvgIpc) is 2.90. The van der Waals surface area contributed by atoms with Gasteiger partial charge in [-0.2, -0.15) is 0 Å². The van der Waals surface area contributed by atoms with Crippen molar-refractivity contribution in [3.05, 3.63) is 48.0 Å². The van der Waals surface area contributed by atoms with E-state index in [-0.39, 0.29) is 5.04 Å². The third kappa shape index (κ3) is 5.21. The van der Waals surface area contributed by atoms with Crippen LogP contribution in [-0.4, -0.2) is 36.8 Å². The first-order chi connectivity index (χ1) is 12.1. The maximum atomic E-state index is 6.67. The van der Waals surface area contributed by atoms with Crippen molar-refractivity contribution in [2.24, 2.45) is 11.8 Å². The highest BCUT2D eigenvalue weighted by molar-refractivity contribution is 14.1. The predicted octanol–water partition coefficient (Wildman–Crippen LogP) is 6.14. The molecule has 0 N–H and O–H groups in total. The minimum Gasteiger partial charge on any atom is -0.415 e. The second kappa shape index (κ2) is 8.89. The van der Waals surface area contributed by atoms with Gasteiger partial charge in [0.15, 0.2) is 8.32 Å². The summed E-state index contributed by atoms with van der Waals surface area (Å²) in [5.74, 6) is 1.20. The highest BCUT2D eigenvalue weighted by Crippen LogP contribution is 2.40. The molecule has 0 radical (unpaired) electrons. The molecule has 0 aromatic heterocycles. The van der Waals surface area contributed by atoms with Gasteiger partial charge in [-0.05, 0) is 42.5 Å². The molecule has 3 atom stereocenters. The normalized spacial score (nSPS) is 24.8. The van der Waals surface area contributed by atoms with E-state index >= 15 is 0 Å². The molecule has 1 fully saturated rings. The zero-order chi connectivity index (χ0) is 19.5. The molecule has 0 unspecified atom stereocenters. The lowest BCUT2D eigenvalue weighted by molar-refractivity contribution is 0.139. The first kappa shape index (κ1) is 22.1. The largest absolute Gasteiger partial charge is 0.415 e. The van der Waals surface area contributed by atoms with Crippen LogP contribution in [0.5, 0.6) is 0 Å². The lowest BCUT2D eigenvalue weighted by atomic mass is 9.88. The maximum Gasteiger partial charge on any atom is 0.192 e. The third-order valence-corrected chi connectivity index (χ3v) is 11.9. The van der Waals surface area contributed by atoms with Gasteiger partial charge < -0.3 is 4.43 Å². The molecule has 0 bridgehead atoms. The summed E-state index contributed by atoms with van der Waals surface area (Å²) in [7, 11) is -1.74. The first-order valence-electron chi connectivity index (χ1n) is 9.70. The Labute approximate surface area is 175 Å². The average molecular weight is 486 g/mol. The lowest BCUT2D eigenvalue weighted by Gasteiger charge is -2.39. The van der Waals surface area contributed by atoms with Crippen LogP contribution in [0.4, 0.5) is 0 Å². The van der Waals surface area contributed by atoms with Crippen LogP contribution in [0.15, 0.2) is 42.5 Å². The van der Waals surface area contributed by atoms with Crippen molar-refractivity contribution in [3.63, 3.8) is 0 Å². The Hall–Kier alpha value is -0.173. The fourth-order valence-corrected chi connectivity index (χ4v) is 5.75. The van der Waals surface area contributed by atoms with Crippen LogP contribution < -0.4 is 0 Å². The van der Waals surface area contributed by atoms with E-state index in [0.717, 1.165) is 24.1 Å². The van der Waals surface area contributed by atoms with Crippen LogP contribution in [0.25, 0.3) is 0 Å². The SMILES string of the molecule is C=C(C)[C@H]1CN(Cc2ccccc2)[C@@H](CO[Si](C)(C)C(C)(C)C)[C@H]1CI. The van der Waals surface area contributed by atoms with Gasteiger partial charge >= 0.3 is 0 Å². The highest BCUT2D eigenvalue weighted by atomic mass is 127. The molecule has 2 rings (SSSR count). The van der Waals surface area contributed by atoms with Crippen LogP contribution >= 0.6 is 22.6 Å². The van der Waals surface area contributed by atoms with Gasteiger partial charge in [-0.3, -0.25) is 4.90 Å². The fourth-order valence-electron chi connectivity index (χ4n) is 3.53. The molecule has 26 heavy (non-hydrogen) atoms. The summed E-state index contributed by atoms with van der Waals surface area (Å²) in [5.41, 5.74) is 2.71. The van der Waals surface area contributed by atoms with Crippen molar-refractivity contribution in [2.75, 3.05) is 17.6 Å². The minimum atomic E-state index is -1.74. The van der Waals surface area contributed by atoms with E-state index in [0.29, 0.717) is 17.9 Å². The molecule has 2 nitrogen and oxygen atoms in total. The summed E-state index contributed by atoms with van der Waals surface area (Å²) in [6.07, 6.45) is 0. The molecule has 0 aliphatic carbocycles. The van der Waals surface area contributed by atoms with Crippen molar-refractivity contribution < 1.29 is 4.43 Å². The Bertz CT molecular complexity index is 596. The molecule has 0 amide bonds. The molecule has 1 aliphatic heterocycles. The Morgan fingerprint density at radius 3 is 2.38 bits per heavy atom. The van der Waals surface area contributed by atoms with E-state index in [2.05, 4.69) is 105 Å². The minimum absolute atomic E-state index is 0.253. The number of benzene rings is 1. The van der Waals surface area contributed by atoms with E-state index in [1.54, 1.807) is 0 Å². The molecular weight excluding hydrogens is 449 g/mol. The Morgan fingerprint density at radius 2 is 1.88 bits per heavy atom. The lowest BCUT2D eigenvalue weighted by Crippen LogP contribution is -2.46. The number of rotatable bonds is 7. The van der Waals surface area contributed by atoms with Crippen LogP contribution in [0.1, 0.15) is 33.3 Å². The van der Waals surface area contributed by atoms with Gasteiger partial charge in [-0.1, -0.05) is 85.8 Å². The molecule has 1 saturated heterocycles. The molecule has 1 aromatic rings. The second-order valence-corrected chi connectivity index (χ2v) is 15.0. The molecule has 1 heterocycles. The summed E-state index contributed by atoms with van der Waals surface area (Å²) in [6.45, 7) is 21.1. The molecule has 0 spiro atoms.